The molecule has 0 N–H and O–H groups in total. The molecule has 0 radical (unpaired) electrons. The number of fused-ring (bicyclic) bond motifs is 2. The predicted molar refractivity (Wildman–Crippen MR) is 153 cm³/mol. The molecular formula is C31H34F2N4O3S. The van der Waals surface area contributed by atoms with E-state index in [1.807, 2.05) is 15.8 Å². The van der Waals surface area contributed by atoms with Gasteiger partial charge in [0.2, 0.25) is 10.0 Å². The maximum absolute atomic E-state index is 13.9. The van der Waals surface area contributed by atoms with E-state index in [0.29, 0.717) is 64.6 Å². The van der Waals surface area contributed by atoms with Gasteiger partial charge in [0.15, 0.2) is 0 Å². The van der Waals surface area contributed by atoms with Gasteiger partial charge in [-0.3, -0.25) is 0 Å². The first-order valence-corrected chi connectivity index (χ1v) is 15.9. The first kappa shape index (κ1) is 26.8. The summed E-state index contributed by atoms with van der Waals surface area (Å²) >= 11 is 0. The van der Waals surface area contributed by atoms with E-state index in [1.165, 1.54) is 30.5 Å². The van der Waals surface area contributed by atoms with Gasteiger partial charge in [0.1, 0.15) is 12.0 Å². The maximum Gasteiger partial charge on any atom is 0.243 e. The minimum Gasteiger partial charge on any atom is -0.380 e. The first-order valence-electron chi connectivity index (χ1n) is 14.4. The predicted octanol–water partition coefficient (Wildman–Crippen LogP) is 5.01. The van der Waals surface area contributed by atoms with E-state index in [2.05, 4.69) is 11.2 Å². The fourth-order valence-corrected chi connectivity index (χ4v) is 7.98. The lowest BCUT2D eigenvalue weighted by molar-refractivity contribution is 0.0358. The number of hydrogen-bond acceptors (Lipinski definition) is 5. The smallest absolute Gasteiger partial charge is 0.243 e. The minimum absolute atomic E-state index is 0.249. The Morgan fingerprint density at radius 3 is 2.46 bits per heavy atom. The van der Waals surface area contributed by atoms with Crippen molar-refractivity contribution in [3.63, 3.8) is 0 Å². The normalized spacial score (nSPS) is 24.7. The molecule has 0 amide bonds. The molecule has 3 fully saturated rings. The molecule has 41 heavy (non-hydrogen) atoms. The van der Waals surface area contributed by atoms with Gasteiger partial charge in [-0.2, -0.15) is 9.40 Å². The van der Waals surface area contributed by atoms with Gasteiger partial charge in [0.25, 0.3) is 0 Å². The Labute approximate surface area is 239 Å². The Balaban J connectivity index is 1.17. The molecule has 0 bridgehead atoms. The number of alkyl halides is 1. The number of benzene rings is 2. The fourth-order valence-electron chi connectivity index (χ4n) is 6.45. The largest absolute Gasteiger partial charge is 0.380 e. The lowest BCUT2D eigenvalue weighted by Crippen LogP contribution is -2.51. The molecule has 4 aliphatic rings. The number of ether oxygens (including phenoxy) is 1. The van der Waals surface area contributed by atoms with Gasteiger partial charge in [-0.1, -0.05) is 5.57 Å². The molecule has 7 rings (SSSR count). The highest BCUT2D eigenvalue weighted by molar-refractivity contribution is 7.89. The van der Waals surface area contributed by atoms with E-state index in [4.69, 9.17) is 4.74 Å². The van der Waals surface area contributed by atoms with E-state index in [1.54, 1.807) is 40.7 Å². The van der Waals surface area contributed by atoms with Crippen LogP contribution in [-0.4, -0.2) is 68.1 Å². The van der Waals surface area contributed by atoms with Gasteiger partial charge < -0.3 is 9.64 Å². The minimum atomic E-state index is -3.75. The second-order valence-electron chi connectivity index (χ2n) is 11.9. The van der Waals surface area contributed by atoms with Crippen molar-refractivity contribution in [2.75, 3.05) is 44.3 Å². The van der Waals surface area contributed by atoms with Gasteiger partial charge in [-0.15, -0.1) is 0 Å². The Hall–Kier alpha value is -3.08. The third-order valence-corrected chi connectivity index (χ3v) is 10.8. The molecular weight excluding hydrogens is 546 g/mol. The summed E-state index contributed by atoms with van der Waals surface area (Å²) < 4.78 is 64.7. The van der Waals surface area contributed by atoms with Crippen LogP contribution in [0.5, 0.6) is 0 Å². The van der Waals surface area contributed by atoms with Crippen molar-refractivity contribution in [3.05, 3.63) is 77.4 Å². The highest BCUT2D eigenvalue weighted by Crippen LogP contribution is 2.46. The van der Waals surface area contributed by atoms with Gasteiger partial charge >= 0.3 is 0 Å². The first-order chi connectivity index (χ1) is 19.8. The maximum atomic E-state index is 13.9. The van der Waals surface area contributed by atoms with Crippen LogP contribution in [0.2, 0.25) is 0 Å². The monoisotopic (exact) mass is 580 g/mol. The average Bonchev–Trinajstić information content (AvgIpc) is 3.56. The second-order valence-corrected chi connectivity index (χ2v) is 13.9. The van der Waals surface area contributed by atoms with E-state index in [-0.39, 0.29) is 10.7 Å². The summed E-state index contributed by atoms with van der Waals surface area (Å²) in [4.78, 5) is 2.20. The highest BCUT2D eigenvalue weighted by atomic mass is 32.2. The van der Waals surface area contributed by atoms with Crippen LogP contribution in [0.1, 0.15) is 36.9 Å². The third-order valence-electron chi connectivity index (χ3n) is 8.99. The van der Waals surface area contributed by atoms with E-state index < -0.39 is 21.6 Å². The van der Waals surface area contributed by atoms with E-state index in [0.717, 1.165) is 22.6 Å². The molecule has 7 nitrogen and oxygen atoms in total. The molecule has 10 heteroatoms. The van der Waals surface area contributed by atoms with E-state index in [9.17, 15) is 17.2 Å². The Kier molecular flexibility index (Phi) is 6.75. The molecule has 3 heterocycles. The molecule has 1 aromatic heterocycles. The van der Waals surface area contributed by atoms with Crippen LogP contribution >= 0.6 is 0 Å². The molecule has 216 valence electrons. The number of nitrogens with zero attached hydrogens (tertiary/aromatic N) is 4. The van der Waals surface area contributed by atoms with Crippen LogP contribution in [0, 0.1) is 17.2 Å². The van der Waals surface area contributed by atoms with Gasteiger partial charge in [0, 0.05) is 43.9 Å². The van der Waals surface area contributed by atoms with Crippen molar-refractivity contribution in [3.8, 4) is 5.69 Å². The van der Waals surface area contributed by atoms with Crippen molar-refractivity contribution in [1.29, 1.82) is 0 Å². The van der Waals surface area contributed by atoms with Crippen molar-refractivity contribution < 1.29 is 21.9 Å². The molecule has 2 unspecified atom stereocenters. The van der Waals surface area contributed by atoms with Crippen LogP contribution in [0.25, 0.3) is 11.8 Å². The molecule has 0 spiro atoms. The number of aromatic nitrogens is 2. The fraction of sp³-hybridized carbons (Fsp3) is 0.452. The van der Waals surface area contributed by atoms with Crippen LogP contribution < -0.4 is 4.90 Å². The molecule has 2 aliphatic carbocycles. The number of piperidine rings is 1. The highest BCUT2D eigenvalue weighted by Gasteiger charge is 2.46. The van der Waals surface area contributed by atoms with Crippen LogP contribution in [-0.2, 0) is 21.2 Å². The number of anilines is 1. The number of halogens is 2. The van der Waals surface area contributed by atoms with Crippen molar-refractivity contribution in [1.82, 2.24) is 14.1 Å². The van der Waals surface area contributed by atoms with Gasteiger partial charge in [-0.25, -0.2) is 21.9 Å². The third kappa shape index (κ3) is 5.10. The summed E-state index contributed by atoms with van der Waals surface area (Å²) in [6.07, 6.45) is 7.21. The van der Waals surface area contributed by atoms with Crippen molar-refractivity contribution in [2.45, 2.75) is 43.2 Å². The summed E-state index contributed by atoms with van der Waals surface area (Å²) in [5.41, 5.74) is 4.27. The zero-order valence-corrected chi connectivity index (χ0v) is 23.7. The number of sulfonamides is 1. The SMILES string of the molecule is O=S(=O)(c1ccc(N2CCC(F)C2)cc1)N1CCC2=Cc3c(cnn3-c3ccc(F)cc3)CC2(COCC2CC2)C1. The van der Waals surface area contributed by atoms with Crippen LogP contribution in [0.4, 0.5) is 14.5 Å². The standard InChI is InChI=1S/C31H34F2N4O3S/c32-25-3-5-28(6-4-25)37-30-15-24-11-14-36(20-31(24,16-23(30)17-34-37)21-40-19-22-1-2-22)41(38,39)29-9-7-27(8-10-29)35-13-12-26(33)18-35/h3-10,15,17,22,26H,1-2,11-14,16,18-21H2. The quantitative estimate of drug-likeness (QED) is 0.375. The van der Waals surface area contributed by atoms with Gasteiger partial charge in [-0.05, 0) is 98.2 Å². The van der Waals surface area contributed by atoms with Crippen LogP contribution in [0.15, 0.2) is 65.2 Å². The lowest BCUT2D eigenvalue weighted by Gasteiger charge is -2.46. The summed E-state index contributed by atoms with van der Waals surface area (Å²) in [5.74, 6) is 0.303. The zero-order chi connectivity index (χ0) is 28.2. The summed E-state index contributed by atoms with van der Waals surface area (Å²) in [7, 11) is -3.75. The molecule has 2 atom stereocenters. The number of hydrogen-bond donors (Lipinski definition) is 0. The Morgan fingerprint density at radius 2 is 1.76 bits per heavy atom. The molecule has 2 aromatic carbocycles. The van der Waals surface area contributed by atoms with E-state index >= 15 is 0 Å². The Morgan fingerprint density at radius 1 is 1.00 bits per heavy atom. The van der Waals surface area contributed by atoms with Crippen molar-refractivity contribution in [2.24, 2.45) is 11.3 Å². The molecule has 1 saturated carbocycles. The summed E-state index contributed by atoms with van der Waals surface area (Å²) in [6.45, 7) is 2.82. The molecule has 3 aromatic rings. The topological polar surface area (TPSA) is 67.7 Å². The van der Waals surface area contributed by atoms with Crippen molar-refractivity contribution >= 4 is 21.8 Å². The summed E-state index contributed by atoms with van der Waals surface area (Å²) in [5, 5.41) is 4.62. The van der Waals surface area contributed by atoms with Crippen LogP contribution in [0.3, 0.4) is 0 Å². The molecule has 2 aliphatic heterocycles. The summed E-state index contributed by atoms with van der Waals surface area (Å²) in [6, 6.07) is 13.1. The second kappa shape index (κ2) is 10.3. The zero-order valence-electron chi connectivity index (χ0n) is 22.9. The average molecular weight is 581 g/mol. The lowest BCUT2D eigenvalue weighted by atomic mass is 9.69. The Bertz CT molecular complexity index is 1570. The van der Waals surface area contributed by atoms with Gasteiger partial charge in [0.05, 0.1) is 29.1 Å². The number of rotatable bonds is 8. The molecule has 2 saturated heterocycles.